The van der Waals surface area contributed by atoms with Crippen molar-refractivity contribution >= 4 is 11.6 Å². The fraction of sp³-hybridized carbons (Fsp3) is 0.562. The summed E-state index contributed by atoms with van der Waals surface area (Å²) in [7, 11) is 0. The van der Waals surface area contributed by atoms with E-state index in [1.54, 1.807) is 6.07 Å². The van der Waals surface area contributed by atoms with Crippen molar-refractivity contribution in [2.24, 2.45) is 11.3 Å². The first-order valence-corrected chi connectivity index (χ1v) is 7.34. The second-order valence-corrected chi connectivity index (χ2v) is 5.97. The van der Waals surface area contributed by atoms with Crippen LogP contribution in [-0.2, 0) is 0 Å². The molecule has 0 bridgehead atoms. The molecule has 1 N–H and O–H groups in total. The molecule has 3 heteroatoms. The van der Waals surface area contributed by atoms with Crippen LogP contribution in [0.25, 0.3) is 0 Å². The summed E-state index contributed by atoms with van der Waals surface area (Å²) in [6.45, 7) is 2.15. The Bertz CT molecular complexity index is 482. The van der Waals surface area contributed by atoms with Gasteiger partial charge in [-0.05, 0) is 24.8 Å². The highest BCUT2D eigenvalue weighted by Gasteiger charge is 2.43. The van der Waals surface area contributed by atoms with Gasteiger partial charge in [0.1, 0.15) is 0 Å². The normalized spacial score (nSPS) is 28.6. The van der Waals surface area contributed by atoms with Crippen LogP contribution in [0.3, 0.4) is 0 Å². The average Bonchev–Trinajstić information content (AvgIpc) is 2.47. The molecule has 0 spiro atoms. The molecule has 0 heterocycles. The van der Waals surface area contributed by atoms with E-state index in [1.165, 1.54) is 0 Å². The number of hydrogen-bond donors (Lipinski definition) is 1. The van der Waals surface area contributed by atoms with E-state index in [0.29, 0.717) is 16.5 Å². The fourth-order valence-electron chi connectivity index (χ4n) is 3.18. The summed E-state index contributed by atoms with van der Waals surface area (Å²) in [6, 6.07) is 9.69. The molecule has 1 aliphatic rings. The Kier molecular flexibility index (Phi) is 4.50. The number of aliphatic hydroxyl groups excluding tert-OH is 1. The predicted octanol–water partition coefficient (Wildman–Crippen LogP) is 4.48. The Morgan fingerprint density at radius 1 is 1.53 bits per heavy atom. The van der Waals surface area contributed by atoms with Gasteiger partial charge in [0.25, 0.3) is 0 Å². The Morgan fingerprint density at radius 2 is 2.26 bits per heavy atom. The van der Waals surface area contributed by atoms with Gasteiger partial charge in [-0.1, -0.05) is 56.0 Å². The van der Waals surface area contributed by atoms with Crippen LogP contribution in [0.15, 0.2) is 24.3 Å². The second-order valence-electron chi connectivity index (χ2n) is 5.56. The van der Waals surface area contributed by atoms with E-state index in [2.05, 4.69) is 13.0 Å². The van der Waals surface area contributed by atoms with Crippen molar-refractivity contribution in [2.45, 2.75) is 45.1 Å². The Morgan fingerprint density at radius 3 is 2.89 bits per heavy atom. The lowest BCUT2D eigenvalue weighted by atomic mass is 9.65. The number of benzene rings is 1. The molecule has 1 fully saturated rings. The molecule has 1 aromatic carbocycles. The first-order chi connectivity index (χ1) is 9.13. The van der Waals surface area contributed by atoms with Gasteiger partial charge in [0, 0.05) is 10.6 Å². The maximum absolute atomic E-state index is 10.7. The third-order valence-corrected chi connectivity index (χ3v) is 4.76. The van der Waals surface area contributed by atoms with Gasteiger partial charge in [0.05, 0.1) is 17.6 Å². The summed E-state index contributed by atoms with van der Waals surface area (Å²) in [5.74, 6) is 0.533. The van der Waals surface area contributed by atoms with Gasteiger partial charge in [-0.2, -0.15) is 5.26 Å². The van der Waals surface area contributed by atoms with Crippen LogP contribution >= 0.6 is 11.6 Å². The maximum atomic E-state index is 10.7. The van der Waals surface area contributed by atoms with E-state index in [4.69, 9.17) is 11.6 Å². The molecule has 2 rings (SSSR count). The summed E-state index contributed by atoms with van der Waals surface area (Å²) in [6.07, 6.45) is 3.97. The lowest BCUT2D eigenvalue weighted by molar-refractivity contribution is 0.0186. The van der Waals surface area contributed by atoms with Gasteiger partial charge in [-0.15, -0.1) is 0 Å². The van der Waals surface area contributed by atoms with E-state index in [1.807, 2.05) is 18.2 Å². The van der Waals surface area contributed by atoms with E-state index in [0.717, 1.165) is 32.1 Å². The van der Waals surface area contributed by atoms with E-state index >= 15 is 0 Å². The molecule has 3 unspecified atom stereocenters. The van der Waals surface area contributed by atoms with Crippen LogP contribution in [0, 0.1) is 22.7 Å². The van der Waals surface area contributed by atoms with Crippen LogP contribution in [0.5, 0.6) is 0 Å². The molecule has 3 atom stereocenters. The van der Waals surface area contributed by atoms with Crippen molar-refractivity contribution in [2.75, 3.05) is 0 Å². The second kappa shape index (κ2) is 5.94. The molecule has 1 saturated carbocycles. The van der Waals surface area contributed by atoms with Gasteiger partial charge >= 0.3 is 0 Å². The number of nitrogens with zero attached hydrogens (tertiary/aromatic N) is 1. The summed E-state index contributed by atoms with van der Waals surface area (Å²) in [5, 5.41) is 20.9. The van der Waals surface area contributed by atoms with Crippen molar-refractivity contribution < 1.29 is 5.11 Å². The molecule has 102 valence electrons. The smallest absolute Gasteiger partial charge is 0.0990 e. The molecular formula is C16H20ClNO. The molecule has 0 radical (unpaired) electrons. The summed E-state index contributed by atoms with van der Waals surface area (Å²) in [5.41, 5.74) is 0.00618. The SMILES string of the molecule is CCC1CCCC(C#N)(C(O)c2ccccc2Cl)C1. The minimum atomic E-state index is -0.791. The molecular weight excluding hydrogens is 258 g/mol. The number of halogens is 1. The molecule has 0 saturated heterocycles. The molecule has 2 nitrogen and oxygen atoms in total. The lowest BCUT2D eigenvalue weighted by Gasteiger charge is -2.39. The van der Waals surface area contributed by atoms with Crippen molar-refractivity contribution in [3.05, 3.63) is 34.9 Å². The van der Waals surface area contributed by atoms with Crippen LogP contribution in [-0.4, -0.2) is 5.11 Å². The highest BCUT2D eigenvalue weighted by atomic mass is 35.5. The first-order valence-electron chi connectivity index (χ1n) is 6.96. The zero-order valence-corrected chi connectivity index (χ0v) is 12.0. The number of hydrogen-bond acceptors (Lipinski definition) is 2. The maximum Gasteiger partial charge on any atom is 0.0990 e. The molecule has 19 heavy (non-hydrogen) atoms. The van der Waals surface area contributed by atoms with Crippen molar-refractivity contribution in [3.63, 3.8) is 0 Å². The van der Waals surface area contributed by atoms with Crippen molar-refractivity contribution in [1.29, 1.82) is 5.26 Å². The standard InChI is InChI=1S/C16H20ClNO/c1-2-12-6-5-9-16(10-12,11-18)15(19)13-7-3-4-8-14(13)17/h3-4,7-8,12,15,19H,2,5-6,9-10H2,1H3. The monoisotopic (exact) mass is 277 g/mol. The number of aliphatic hydroxyl groups is 1. The third-order valence-electron chi connectivity index (χ3n) is 4.41. The largest absolute Gasteiger partial charge is 0.387 e. The molecule has 0 aliphatic heterocycles. The van der Waals surface area contributed by atoms with E-state index in [9.17, 15) is 10.4 Å². The minimum Gasteiger partial charge on any atom is -0.387 e. The Hall–Kier alpha value is -1.04. The van der Waals surface area contributed by atoms with Crippen molar-refractivity contribution in [3.8, 4) is 6.07 Å². The quantitative estimate of drug-likeness (QED) is 0.885. The molecule has 1 aliphatic carbocycles. The molecule has 0 aromatic heterocycles. The van der Waals surface area contributed by atoms with Gasteiger partial charge < -0.3 is 5.11 Å². The molecule has 0 amide bonds. The highest BCUT2D eigenvalue weighted by molar-refractivity contribution is 6.31. The van der Waals surface area contributed by atoms with Gasteiger partial charge in [0.15, 0.2) is 0 Å². The minimum absolute atomic E-state index is 0.533. The van der Waals surface area contributed by atoms with Crippen LogP contribution < -0.4 is 0 Å². The zero-order valence-electron chi connectivity index (χ0n) is 11.3. The van der Waals surface area contributed by atoms with Crippen LogP contribution in [0.2, 0.25) is 5.02 Å². The Labute approximate surface area is 120 Å². The van der Waals surface area contributed by atoms with Crippen LogP contribution in [0.1, 0.15) is 50.7 Å². The Balaban J connectivity index is 2.31. The van der Waals surface area contributed by atoms with Gasteiger partial charge in [0.2, 0.25) is 0 Å². The lowest BCUT2D eigenvalue weighted by Crippen LogP contribution is -2.33. The third kappa shape index (κ3) is 2.78. The average molecular weight is 278 g/mol. The summed E-state index contributed by atoms with van der Waals surface area (Å²) < 4.78 is 0. The van der Waals surface area contributed by atoms with E-state index in [-0.39, 0.29) is 0 Å². The van der Waals surface area contributed by atoms with Crippen molar-refractivity contribution in [1.82, 2.24) is 0 Å². The predicted molar refractivity (Wildman–Crippen MR) is 76.7 cm³/mol. The zero-order chi connectivity index (χ0) is 13.9. The summed E-state index contributed by atoms with van der Waals surface area (Å²) >= 11 is 6.16. The van der Waals surface area contributed by atoms with Crippen LogP contribution in [0.4, 0.5) is 0 Å². The fourth-order valence-corrected chi connectivity index (χ4v) is 3.42. The van der Waals surface area contributed by atoms with Gasteiger partial charge in [-0.25, -0.2) is 0 Å². The highest BCUT2D eigenvalue weighted by Crippen LogP contribution is 2.49. The van der Waals surface area contributed by atoms with Gasteiger partial charge in [-0.3, -0.25) is 0 Å². The van der Waals surface area contributed by atoms with E-state index < -0.39 is 11.5 Å². The first kappa shape index (κ1) is 14.4. The number of nitriles is 1. The molecule has 1 aromatic rings. The number of rotatable bonds is 3. The summed E-state index contributed by atoms with van der Waals surface area (Å²) in [4.78, 5) is 0. The topological polar surface area (TPSA) is 44.0 Å².